The van der Waals surface area contributed by atoms with Gasteiger partial charge in [0.1, 0.15) is 16.2 Å². The van der Waals surface area contributed by atoms with Gasteiger partial charge >= 0.3 is 0 Å². The molecule has 0 radical (unpaired) electrons. The van der Waals surface area contributed by atoms with Crippen LogP contribution >= 0.6 is 23.1 Å². The van der Waals surface area contributed by atoms with E-state index in [1.54, 1.807) is 29.4 Å². The smallest absolute Gasteiger partial charge is 0.127 e. The highest BCUT2D eigenvalue weighted by Crippen LogP contribution is 2.37. The lowest BCUT2D eigenvalue weighted by Gasteiger charge is -2.11. The molecule has 0 N–H and O–H groups in total. The second-order valence-corrected chi connectivity index (χ2v) is 6.21. The highest BCUT2D eigenvalue weighted by atomic mass is 32.2. The minimum atomic E-state index is 0.393. The summed E-state index contributed by atoms with van der Waals surface area (Å²) in [6.07, 6.45) is 1.65. The highest BCUT2D eigenvalue weighted by molar-refractivity contribution is 7.99. The van der Waals surface area contributed by atoms with Crippen LogP contribution < -0.4 is 0 Å². The van der Waals surface area contributed by atoms with Crippen molar-refractivity contribution >= 4 is 33.3 Å². The van der Waals surface area contributed by atoms with Gasteiger partial charge in [0.05, 0.1) is 0 Å². The molecule has 18 heavy (non-hydrogen) atoms. The predicted octanol–water partition coefficient (Wildman–Crippen LogP) is 4.54. The summed E-state index contributed by atoms with van der Waals surface area (Å²) in [4.78, 5) is 9.74. The minimum absolute atomic E-state index is 0.393. The highest BCUT2D eigenvalue weighted by Gasteiger charge is 2.11. The van der Waals surface area contributed by atoms with Crippen LogP contribution in [0.15, 0.2) is 53.1 Å². The molecule has 0 fully saturated rings. The fourth-order valence-electron chi connectivity index (χ4n) is 1.82. The molecule has 3 aromatic rings. The van der Waals surface area contributed by atoms with E-state index < -0.39 is 0 Å². The summed E-state index contributed by atoms with van der Waals surface area (Å²) in [7, 11) is 0. The summed E-state index contributed by atoms with van der Waals surface area (Å²) in [5.41, 5.74) is 1.32. The Hall–Kier alpha value is -1.39. The van der Waals surface area contributed by atoms with Crippen LogP contribution in [-0.2, 0) is 0 Å². The van der Waals surface area contributed by atoms with Crippen molar-refractivity contribution in [3.8, 4) is 0 Å². The first-order valence-corrected chi connectivity index (χ1v) is 7.50. The fraction of sp³-hybridized carbons (Fsp3) is 0.143. The molecule has 0 saturated carbocycles. The second-order valence-electron chi connectivity index (χ2n) is 3.99. The van der Waals surface area contributed by atoms with Crippen LogP contribution in [-0.4, -0.2) is 9.97 Å². The molecule has 2 nitrogen and oxygen atoms in total. The molecule has 4 heteroatoms. The Morgan fingerprint density at radius 2 is 1.94 bits per heavy atom. The lowest BCUT2D eigenvalue weighted by molar-refractivity contribution is 1.06. The molecule has 0 aliphatic rings. The minimum Gasteiger partial charge on any atom is -0.229 e. The third-order valence-corrected chi connectivity index (χ3v) is 4.78. The molecule has 0 unspecified atom stereocenters. The van der Waals surface area contributed by atoms with Crippen molar-refractivity contribution in [2.75, 3.05) is 0 Å². The predicted molar refractivity (Wildman–Crippen MR) is 78.1 cm³/mol. The third-order valence-electron chi connectivity index (χ3n) is 2.78. The molecular weight excluding hydrogens is 260 g/mol. The van der Waals surface area contributed by atoms with Crippen molar-refractivity contribution in [3.63, 3.8) is 0 Å². The molecule has 0 bridgehead atoms. The van der Waals surface area contributed by atoms with Crippen molar-refractivity contribution in [3.05, 3.63) is 53.7 Å². The third kappa shape index (κ3) is 2.26. The Bertz CT molecular complexity index is 649. The van der Waals surface area contributed by atoms with Crippen molar-refractivity contribution in [1.29, 1.82) is 0 Å². The number of rotatable bonds is 3. The summed E-state index contributed by atoms with van der Waals surface area (Å²) in [5, 5.41) is 4.69. The molecule has 1 atom stereocenters. The number of nitrogens with zero attached hydrogens (tertiary/aromatic N) is 2. The molecule has 2 aromatic heterocycles. The number of hydrogen-bond acceptors (Lipinski definition) is 4. The van der Waals surface area contributed by atoms with Crippen molar-refractivity contribution in [2.45, 2.75) is 17.2 Å². The van der Waals surface area contributed by atoms with Crippen molar-refractivity contribution in [1.82, 2.24) is 9.97 Å². The summed E-state index contributed by atoms with van der Waals surface area (Å²) < 4.78 is 0. The molecule has 2 heterocycles. The van der Waals surface area contributed by atoms with E-state index in [1.165, 1.54) is 5.56 Å². The van der Waals surface area contributed by atoms with Gasteiger partial charge in [0.2, 0.25) is 0 Å². The molecule has 3 rings (SSSR count). The molecule has 90 valence electrons. The second kappa shape index (κ2) is 5.08. The zero-order valence-corrected chi connectivity index (χ0v) is 11.5. The SMILES string of the molecule is C[C@H](Sc1ncnc2sccc12)c1ccccc1. The lowest BCUT2D eigenvalue weighted by Crippen LogP contribution is -1.90. The number of thioether (sulfide) groups is 1. The number of fused-ring (bicyclic) bond motifs is 1. The van der Waals surface area contributed by atoms with Crippen LogP contribution in [0.4, 0.5) is 0 Å². The molecule has 1 aromatic carbocycles. The van der Waals surface area contributed by atoms with E-state index in [0.717, 1.165) is 15.2 Å². The van der Waals surface area contributed by atoms with Gasteiger partial charge < -0.3 is 0 Å². The van der Waals surface area contributed by atoms with E-state index >= 15 is 0 Å². The normalized spacial score (nSPS) is 12.7. The quantitative estimate of drug-likeness (QED) is 0.517. The van der Waals surface area contributed by atoms with Gasteiger partial charge in [-0.15, -0.1) is 11.3 Å². The molecular formula is C14H12N2S2. The Kier molecular flexibility index (Phi) is 3.30. The van der Waals surface area contributed by atoms with Gasteiger partial charge in [-0.25, -0.2) is 9.97 Å². The van der Waals surface area contributed by atoms with E-state index in [9.17, 15) is 0 Å². The monoisotopic (exact) mass is 272 g/mol. The zero-order chi connectivity index (χ0) is 12.4. The van der Waals surface area contributed by atoms with Crippen LogP contribution in [0.5, 0.6) is 0 Å². The van der Waals surface area contributed by atoms with Crippen LogP contribution in [0.25, 0.3) is 10.2 Å². The van der Waals surface area contributed by atoms with Crippen LogP contribution in [0, 0.1) is 0 Å². The average Bonchev–Trinajstić information content (AvgIpc) is 2.89. The van der Waals surface area contributed by atoms with Gasteiger partial charge in [-0.3, -0.25) is 0 Å². The summed E-state index contributed by atoms with van der Waals surface area (Å²) in [6, 6.07) is 12.6. The molecule has 0 aliphatic carbocycles. The average molecular weight is 272 g/mol. The number of benzene rings is 1. The van der Waals surface area contributed by atoms with Gasteiger partial charge in [0.15, 0.2) is 0 Å². The Labute approximate surface area is 114 Å². The van der Waals surface area contributed by atoms with Crippen LogP contribution in [0.1, 0.15) is 17.7 Å². The van der Waals surface area contributed by atoms with Gasteiger partial charge in [0.25, 0.3) is 0 Å². The maximum absolute atomic E-state index is 4.40. The maximum Gasteiger partial charge on any atom is 0.127 e. The number of aromatic nitrogens is 2. The van der Waals surface area contributed by atoms with Crippen LogP contribution in [0.2, 0.25) is 0 Å². The first kappa shape index (κ1) is 11.7. The lowest BCUT2D eigenvalue weighted by atomic mass is 10.2. The largest absolute Gasteiger partial charge is 0.229 e. The van der Waals surface area contributed by atoms with Crippen LogP contribution in [0.3, 0.4) is 0 Å². The van der Waals surface area contributed by atoms with Gasteiger partial charge in [-0.05, 0) is 23.9 Å². The Morgan fingerprint density at radius 1 is 1.11 bits per heavy atom. The molecule has 0 spiro atoms. The summed E-state index contributed by atoms with van der Waals surface area (Å²) in [6.45, 7) is 2.21. The van der Waals surface area contributed by atoms with Gasteiger partial charge in [-0.2, -0.15) is 0 Å². The first-order valence-electron chi connectivity index (χ1n) is 5.74. The van der Waals surface area contributed by atoms with E-state index in [1.807, 2.05) is 6.07 Å². The Balaban J connectivity index is 1.91. The maximum atomic E-state index is 4.40. The molecule has 0 amide bonds. The molecule has 0 saturated heterocycles. The molecule has 0 aliphatic heterocycles. The van der Waals surface area contributed by atoms with E-state index in [0.29, 0.717) is 5.25 Å². The number of hydrogen-bond donors (Lipinski definition) is 0. The standard InChI is InChI=1S/C14H12N2S2/c1-10(11-5-3-2-4-6-11)18-14-12-7-8-17-13(12)15-9-16-14/h2-10H,1H3/t10-/m0/s1. The van der Waals surface area contributed by atoms with E-state index in [-0.39, 0.29) is 0 Å². The fourth-order valence-corrected chi connectivity index (χ4v) is 3.65. The topological polar surface area (TPSA) is 25.8 Å². The summed E-state index contributed by atoms with van der Waals surface area (Å²) >= 11 is 3.45. The van der Waals surface area contributed by atoms with Gasteiger partial charge in [0, 0.05) is 10.6 Å². The summed E-state index contributed by atoms with van der Waals surface area (Å²) in [5.74, 6) is 0. The zero-order valence-electron chi connectivity index (χ0n) is 9.91. The van der Waals surface area contributed by atoms with Crippen molar-refractivity contribution in [2.24, 2.45) is 0 Å². The van der Waals surface area contributed by atoms with E-state index in [4.69, 9.17) is 0 Å². The Morgan fingerprint density at radius 3 is 2.78 bits per heavy atom. The van der Waals surface area contributed by atoms with Crippen molar-refractivity contribution < 1.29 is 0 Å². The van der Waals surface area contributed by atoms with E-state index in [2.05, 4.69) is 52.6 Å². The van der Waals surface area contributed by atoms with Gasteiger partial charge in [-0.1, -0.05) is 42.1 Å². The first-order chi connectivity index (χ1) is 8.84. The number of thiophene rings is 1.